The Labute approximate surface area is 130 Å². The summed E-state index contributed by atoms with van der Waals surface area (Å²) in [6.45, 7) is 12.0. The van der Waals surface area contributed by atoms with E-state index in [9.17, 15) is 4.79 Å². The van der Waals surface area contributed by atoms with E-state index in [1.807, 2.05) is 6.92 Å². The Bertz CT molecular complexity index is 320. The predicted molar refractivity (Wildman–Crippen MR) is 87.4 cm³/mol. The first-order chi connectivity index (χ1) is 9.91. The smallest absolute Gasteiger partial charge is 0.325 e. The number of nitrogens with one attached hydrogen (secondary N) is 1. The van der Waals surface area contributed by atoms with Crippen LogP contribution in [-0.4, -0.2) is 49.2 Å². The number of methoxy groups -OCH3 is 1. The van der Waals surface area contributed by atoms with Gasteiger partial charge in [-0.15, -0.1) is 0 Å². The maximum Gasteiger partial charge on any atom is 0.325 e. The summed E-state index contributed by atoms with van der Waals surface area (Å²) < 4.78 is 4.96. The minimum atomic E-state index is -0.556. The summed E-state index contributed by atoms with van der Waals surface area (Å²) in [7, 11) is 1.47. The van der Waals surface area contributed by atoms with Crippen LogP contribution in [0.4, 0.5) is 0 Å². The van der Waals surface area contributed by atoms with Crippen molar-refractivity contribution in [2.45, 2.75) is 71.4 Å². The largest absolute Gasteiger partial charge is 0.468 e. The van der Waals surface area contributed by atoms with E-state index < -0.39 is 5.54 Å². The van der Waals surface area contributed by atoms with Crippen LogP contribution in [0.5, 0.6) is 0 Å². The van der Waals surface area contributed by atoms with Crippen LogP contribution in [0, 0.1) is 5.92 Å². The molecule has 1 aliphatic rings. The van der Waals surface area contributed by atoms with Crippen molar-refractivity contribution < 1.29 is 9.53 Å². The highest BCUT2D eigenvalue weighted by Crippen LogP contribution is 2.21. The molecule has 0 radical (unpaired) electrons. The summed E-state index contributed by atoms with van der Waals surface area (Å²) in [5, 5.41) is 3.36. The van der Waals surface area contributed by atoms with E-state index in [1.54, 1.807) is 0 Å². The van der Waals surface area contributed by atoms with E-state index >= 15 is 0 Å². The van der Waals surface area contributed by atoms with Gasteiger partial charge in [0.25, 0.3) is 0 Å². The fourth-order valence-corrected chi connectivity index (χ4v) is 3.36. The number of rotatable bonds is 9. The lowest BCUT2D eigenvalue weighted by Crippen LogP contribution is -2.53. The third kappa shape index (κ3) is 5.95. The van der Waals surface area contributed by atoms with Crippen molar-refractivity contribution in [3.05, 3.63) is 0 Å². The zero-order chi connectivity index (χ0) is 15.9. The number of hydrogen-bond acceptors (Lipinski definition) is 4. The van der Waals surface area contributed by atoms with Gasteiger partial charge in [0, 0.05) is 12.6 Å². The van der Waals surface area contributed by atoms with E-state index in [0.29, 0.717) is 0 Å². The molecule has 0 aromatic heterocycles. The molecule has 0 aromatic rings. The molecule has 4 nitrogen and oxygen atoms in total. The first-order valence-electron chi connectivity index (χ1n) is 8.49. The van der Waals surface area contributed by atoms with Gasteiger partial charge in [-0.25, -0.2) is 0 Å². The summed E-state index contributed by atoms with van der Waals surface area (Å²) in [6.07, 6.45) is 5.70. The Morgan fingerprint density at radius 2 is 2.14 bits per heavy atom. The lowest BCUT2D eigenvalue weighted by Gasteiger charge is -2.30. The van der Waals surface area contributed by atoms with Crippen LogP contribution >= 0.6 is 0 Å². The van der Waals surface area contributed by atoms with Crippen molar-refractivity contribution in [2.24, 2.45) is 5.92 Å². The van der Waals surface area contributed by atoms with Crippen molar-refractivity contribution in [1.82, 2.24) is 10.2 Å². The van der Waals surface area contributed by atoms with Crippen LogP contribution in [0.2, 0.25) is 0 Å². The first-order valence-corrected chi connectivity index (χ1v) is 8.49. The van der Waals surface area contributed by atoms with E-state index in [0.717, 1.165) is 31.7 Å². The van der Waals surface area contributed by atoms with Crippen LogP contribution in [-0.2, 0) is 9.53 Å². The third-order valence-electron chi connectivity index (χ3n) is 4.59. The molecule has 1 rings (SSSR count). The quantitative estimate of drug-likeness (QED) is 0.525. The van der Waals surface area contributed by atoms with Crippen LogP contribution in [0.15, 0.2) is 0 Å². The standard InChI is InChI=1S/C17H34N2O2/c1-6-15-9-12-19(13-15)11-8-7-10-17(4,16(20)21-5)18-14(2)3/h14-15,18H,6-13H2,1-5H3. The molecule has 21 heavy (non-hydrogen) atoms. The number of hydrogen-bond donors (Lipinski definition) is 1. The number of ether oxygens (including phenoxy) is 1. The molecule has 2 atom stereocenters. The lowest BCUT2D eigenvalue weighted by molar-refractivity contribution is -0.148. The van der Waals surface area contributed by atoms with Crippen molar-refractivity contribution >= 4 is 5.97 Å². The summed E-state index contributed by atoms with van der Waals surface area (Å²) in [5.74, 6) is 0.747. The Morgan fingerprint density at radius 3 is 2.67 bits per heavy atom. The van der Waals surface area contributed by atoms with Gasteiger partial charge in [-0.3, -0.25) is 10.1 Å². The van der Waals surface area contributed by atoms with E-state index in [2.05, 4.69) is 31.0 Å². The van der Waals surface area contributed by atoms with Gasteiger partial charge in [-0.2, -0.15) is 0 Å². The molecule has 1 aliphatic heterocycles. The molecule has 0 amide bonds. The molecule has 0 aliphatic carbocycles. The summed E-state index contributed by atoms with van der Waals surface area (Å²) >= 11 is 0. The fraction of sp³-hybridized carbons (Fsp3) is 0.941. The Morgan fingerprint density at radius 1 is 1.43 bits per heavy atom. The molecule has 0 spiro atoms. The van der Waals surface area contributed by atoms with Crippen LogP contribution in [0.1, 0.15) is 59.8 Å². The average Bonchev–Trinajstić information content (AvgIpc) is 2.90. The monoisotopic (exact) mass is 298 g/mol. The normalized spacial score (nSPS) is 22.5. The Balaban J connectivity index is 2.32. The fourth-order valence-electron chi connectivity index (χ4n) is 3.36. The summed E-state index contributed by atoms with van der Waals surface area (Å²) in [6, 6.07) is 0.276. The Hall–Kier alpha value is -0.610. The highest BCUT2D eigenvalue weighted by Gasteiger charge is 2.34. The van der Waals surface area contributed by atoms with Crippen molar-refractivity contribution in [3.63, 3.8) is 0 Å². The van der Waals surface area contributed by atoms with Gasteiger partial charge in [-0.1, -0.05) is 13.3 Å². The van der Waals surface area contributed by atoms with E-state index in [1.165, 1.54) is 33.0 Å². The number of esters is 1. The van der Waals surface area contributed by atoms with Gasteiger partial charge in [0.15, 0.2) is 0 Å². The molecule has 1 N–H and O–H groups in total. The summed E-state index contributed by atoms with van der Waals surface area (Å²) in [4.78, 5) is 14.6. The second-order valence-electron chi connectivity index (χ2n) is 6.94. The SMILES string of the molecule is CCC1CCN(CCCCC(C)(NC(C)C)C(=O)OC)C1. The molecule has 1 saturated heterocycles. The molecule has 0 saturated carbocycles. The van der Waals surface area contributed by atoms with Gasteiger partial charge in [0.1, 0.15) is 5.54 Å². The first kappa shape index (κ1) is 18.4. The second kappa shape index (κ2) is 8.74. The number of nitrogens with zero attached hydrogens (tertiary/aromatic N) is 1. The predicted octanol–water partition coefficient (Wildman–Crippen LogP) is 2.82. The molecule has 1 fully saturated rings. The molecule has 4 heteroatoms. The molecule has 0 aromatic carbocycles. The van der Waals surface area contributed by atoms with Crippen molar-refractivity contribution in [3.8, 4) is 0 Å². The van der Waals surface area contributed by atoms with Gasteiger partial charge in [-0.05, 0) is 65.5 Å². The molecular formula is C17H34N2O2. The minimum absolute atomic E-state index is 0.150. The van der Waals surface area contributed by atoms with Crippen molar-refractivity contribution in [1.29, 1.82) is 0 Å². The highest BCUT2D eigenvalue weighted by molar-refractivity contribution is 5.80. The molecule has 0 bridgehead atoms. The van der Waals surface area contributed by atoms with Crippen LogP contribution < -0.4 is 5.32 Å². The minimum Gasteiger partial charge on any atom is -0.468 e. The maximum absolute atomic E-state index is 12.0. The van der Waals surface area contributed by atoms with E-state index in [4.69, 9.17) is 4.74 Å². The van der Waals surface area contributed by atoms with Crippen LogP contribution in [0.25, 0.3) is 0 Å². The zero-order valence-corrected chi connectivity index (χ0v) is 14.6. The topological polar surface area (TPSA) is 41.6 Å². The van der Waals surface area contributed by atoms with Gasteiger partial charge in [0.05, 0.1) is 7.11 Å². The lowest BCUT2D eigenvalue weighted by atomic mass is 9.93. The van der Waals surface area contributed by atoms with Gasteiger partial charge in [0.2, 0.25) is 0 Å². The zero-order valence-electron chi connectivity index (χ0n) is 14.6. The van der Waals surface area contributed by atoms with Gasteiger partial charge < -0.3 is 9.64 Å². The Kier molecular flexibility index (Phi) is 7.67. The van der Waals surface area contributed by atoms with Crippen molar-refractivity contribution in [2.75, 3.05) is 26.7 Å². The molecule has 2 unspecified atom stereocenters. The second-order valence-corrected chi connectivity index (χ2v) is 6.94. The third-order valence-corrected chi connectivity index (χ3v) is 4.59. The number of carbonyl (C=O) groups excluding carboxylic acids is 1. The maximum atomic E-state index is 12.0. The molecular weight excluding hydrogens is 264 g/mol. The molecule has 124 valence electrons. The average molecular weight is 298 g/mol. The number of unbranched alkanes of at least 4 members (excludes halogenated alkanes) is 1. The highest BCUT2D eigenvalue weighted by atomic mass is 16.5. The summed E-state index contributed by atoms with van der Waals surface area (Å²) in [5.41, 5.74) is -0.556. The number of carbonyl (C=O) groups is 1. The number of likely N-dealkylation sites (tertiary alicyclic amines) is 1. The molecule has 1 heterocycles. The van der Waals surface area contributed by atoms with Crippen LogP contribution in [0.3, 0.4) is 0 Å². The van der Waals surface area contributed by atoms with Gasteiger partial charge >= 0.3 is 5.97 Å². The van der Waals surface area contributed by atoms with E-state index in [-0.39, 0.29) is 12.0 Å².